The highest BCUT2D eigenvalue weighted by Gasteiger charge is 2.18. The summed E-state index contributed by atoms with van der Waals surface area (Å²) in [6, 6.07) is 18.2. The Hall–Kier alpha value is -3.80. The maximum absolute atomic E-state index is 12.9. The molecule has 0 saturated carbocycles. The predicted molar refractivity (Wildman–Crippen MR) is 101 cm³/mol. The Labute approximate surface area is 160 Å². The Bertz CT molecular complexity index is 1170. The number of fused-ring (bicyclic) bond motifs is 2. The van der Waals surface area contributed by atoms with Gasteiger partial charge in [0.2, 0.25) is 6.79 Å². The van der Waals surface area contributed by atoms with E-state index in [9.17, 15) is 4.79 Å². The number of hydrogen-bond acceptors (Lipinski definition) is 6. The zero-order valence-electron chi connectivity index (χ0n) is 14.8. The van der Waals surface area contributed by atoms with Crippen LogP contribution in [-0.4, -0.2) is 17.7 Å². The lowest BCUT2D eigenvalue weighted by molar-refractivity contribution is 0.0474. The molecular formula is C22H15NO5. The molecule has 1 aliphatic rings. The number of esters is 1. The summed E-state index contributed by atoms with van der Waals surface area (Å²) >= 11 is 0. The third-order valence-electron chi connectivity index (χ3n) is 4.52. The van der Waals surface area contributed by atoms with Gasteiger partial charge in [0.25, 0.3) is 0 Å². The number of ether oxygens (including phenoxy) is 3. The number of carbonyl (C=O) groups is 1. The van der Waals surface area contributed by atoms with Crippen molar-refractivity contribution in [2.45, 2.75) is 6.61 Å². The first kappa shape index (κ1) is 16.4. The van der Waals surface area contributed by atoms with Crippen molar-refractivity contribution < 1.29 is 23.4 Å². The van der Waals surface area contributed by atoms with Crippen molar-refractivity contribution in [3.8, 4) is 23.0 Å². The average Bonchev–Trinajstić information content (AvgIpc) is 3.42. The molecule has 0 atom stereocenters. The van der Waals surface area contributed by atoms with Crippen LogP contribution in [0.3, 0.4) is 0 Å². The lowest BCUT2D eigenvalue weighted by Gasteiger charge is -2.09. The monoisotopic (exact) mass is 373 g/mol. The number of para-hydroxylation sites is 1. The lowest BCUT2D eigenvalue weighted by atomic mass is 10.1. The van der Waals surface area contributed by atoms with Crippen molar-refractivity contribution in [1.29, 1.82) is 0 Å². The smallest absolute Gasteiger partial charge is 0.339 e. The number of furan rings is 1. The summed E-state index contributed by atoms with van der Waals surface area (Å²) in [4.78, 5) is 17.4. The molecule has 0 bridgehead atoms. The van der Waals surface area contributed by atoms with E-state index in [0.29, 0.717) is 34.0 Å². The fraction of sp³-hybridized carbons (Fsp3) is 0.0909. The summed E-state index contributed by atoms with van der Waals surface area (Å²) < 4.78 is 21.7. The van der Waals surface area contributed by atoms with Crippen LogP contribution in [0.1, 0.15) is 15.9 Å². The Morgan fingerprint density at radius 3 is 2.79 bits per heavy atom. The molecule has 0 amide bonds. The van der Waals surface area contributed by atoms with Gasteiger partial charge >= 0.3 is 5.97 Å². The second kappa shape index (κ2) is 6.74. The van der Waals surface area contributed by atoms with Gasteiger partial charge in [-0.1, -0.05) is 24.3 Å². The first-order chi connectivity index (χ1) is 13.8. The summed E-state index contributed by atoms with van der Waals surface area (Å²) in [7, 11) is 0. The molecule has 0 saturated heterocycles. The third-order valence-corrected chi connectivity index (χ3v) is 4.52. The third kappa shape index (κ3) is 2.95. The Morgan fingerprint density at radius 2 is 1.89 bits per heavy atom. The second-order valence-corrected chi connectivity index (χ2v) is 6.31. The van der Waals surface area contributed by atoms with Gasteiger partial charge in [-0.15, -0.1) is 0 Å². The fourth-order valence-corrected chi connectivity index (χ4v) is 3.15. The molecular weight excluding hydrogens is 358 g/mol. The van der Waals surface area contributed by atoms with Crippen LogP contribution in [0.5, 0.6) is 11.5 Å². The Morgan fingerprint density at radius 1 is 1.00 bits per heavy atom. The Kier molecular flexibility index (Phi) is 3.94. The second-order valence-electron chi connectivity index (χ2n) is 6.31. The highest BCUT2D eigenvalue weighted by atomic mass is 16.7. The SMILES string of the molecule is O=C(OCc1ccc2c(c1)OCO2)c1cc(-c2ccco2)nc2ccccc12. The number of carbonyl (C=O) groups excluding carboxylic acids is 1. The van der Waals surface area contributed by atoms with Crippen molar-refractivity contribution >= 4 is 16.9 Å². The minimum absolute atomic E-state index is 0.127. The molecule has 1 aliphatic heterocycles. The van der Waals surface area contributed by atoms with E-state index in [4.69, 9.17) is 18.6 Å². The first-order valence-corrected chi connectivity index (χ1v) is 8.77. The average molecular weight is 373 g/mol. The molecule has 0 N–H and O–H groups in total. The minimum Gasteiger partial charge on any atom is -0.463 e. The first-order valence-electron chi connectivity index (χ1n) is 8.77. The topological polar surface area (TPSA) is 70.8 Å². The number of benzene rings is 2. The number of hydrogen-bond donors (Lipinski definition) is 0. The standard InChI is InChI=1S/C22H15NO5/c24-22(26-12-14-7-8-20-21(10-14)28-13-27-20)16-11-18(19-6-3-9-25-19)23-17-5-2-1-4-15(16)17/h1-11H,12-13H2. The van der Waals surface area contributed by atoms with Gasteiger partial charge in [0, 0.05) is 5.39 Å². The number of aromatic nitrogens is 1. The largest absolute Gasteiger partial charge is 0.463 e. The van der Waals surface area contributed by atoms with E-state index < -0.39 is 5.97 Å². The maximum Gasteiger partial charge on any atom is 0.339 e. The van der Waals surface area contributed by atoms with Gasteiger partial charge in [-0.3, -0.25) is 0 Å². The van der Waals surface area contributed by atoms with Gasteiger partial charge in [0.1, 0.15) is 12.3 Å². The van der Waals surface area contributed by atoms with Crippen LogP contribution in [0.25, 0.3) is 22.4 Å². The summed E-state index contributed by atoms with van der Waals surface area (Å²) in [6.45, 7) is 0.333. The summed E-state index contributed by atoms with van der Waals surface area (Å²) in [5.41, 5.74) is 2.55. The Balaban J connectivity index is 1.45. The van der Waals surface area contributed by atoms with Crippen LogP contribution in [0.4, 0.5) is 0 Å². The highest BCUT2D eigenvalue weighted by Crippen LogP contribution is 2.33. The lowest BCUT2D eigenvalue weighted by Crippen LogP contribution is -2.07. The van der Waals surface area contributed by atoms with Gasteiger partial charge in [0.15, 0.2) is 17.3 Å². The molecule has 0 unspecified atom stereocenters. The van der Waals surface area contributed by atoms with E-state index in [-0.39, 0.29) is 13.4 Å². The van der Waals surface area contributed by atoms with E-state index in [1.807, 2.05) is 42.5 Å². The molecule has 2 aromatic heterocycles. The van der Waals surface area contributed by atoms with Crippen molar-refractivity contribution in [2.75, 3.05) is 6.79 Å². The zero-order chi connectivity index (χ0) is 18.9. The maximum atomic E-state index is 12.9. The van der Waals surface area contributed by atoms with E-state index in [1.54, 1.807) is 24.5 Å². The molecule has 0 radical (unpaired) electrons. The van der Waals surface area contributed by atoms with E-state index in [0.717, 1.165) is 10.9 Å². The molecule has 138 valence electrons. The van der Waals surface area contributed by atoms with E-state index in [2.05, 4.69) is 4.98 Å². The van der Waals surface area contributed by atoms with Gasteiger partial charge in [-0.25, -0.2) is 9.78 Å². The number of nitrogens with zero attached hydrogens (tertiary/aromatic N) is 1. The van der Waals surface area contributed by atoms with Crippen LogP contribution in [0.2, 0.25) is 0 Å². The van der Waals surface area contributed by atoms with Crippen molar-refractivity contribution in [2.24, 2.45) is 0 Å². The number of rotatable bonds is 4. The van der Waals surface area contributed by atoms with Crippen LogP contribution < -0.4 is 9.47 Å². The quantitative estimate of drug-likeness (QED) is 0.488. The van der Waals surface area contributed by atoms with Crippen LogP contribution >= 0.6 is 0 Å². The summed E-state index contributed by atoms with van der Waals surface area (Å²) in [5.74, 6) is 1.51. The normalized spacial score (nSPS) is 12.3. The van der Waals surface area contributed by atoms with Gasteiger partial charge in [-0.05, 0) is 42.0 Å². The molecule has 28 heavy (non-hydrogen) atoms. The van der Waals surface area contributed by atoms with Crippen molar-refractivity contribution in [3.63, 3.8) is 0 Å². The molecule has 6 heteroatoms. The van der Waals surface area contributed by atoms with Crippen LogP contribution in [0.15, 0.2) is 71.3 Å². The summed E-state index contributed by atoms with van der Waals surface area (Å²) in [5, 5.41) is 0.730. The molecule has 0 aliphatic carbocycles. The number of pyridine rings is 1. The van der Waals surface area contributed by atoms with Crippen LogP contribution in [0, 0.1) is 0 Å². The van der Waals surface area contributed by atoms with Gasteiger partial charge in [-0.2, -0.15) is 0 Å². The predicted octanol–water partition coefficient (Wildman–Crippen LogP) is 4.58. The molecule has 4 aromatic rings. The minimum atomic E-state index is -0.427. The van der Waals surface area contributed by atoms with Gasteiger partial charge in [0.05, 0.1) is 17.3 Å². The molecule has 3 heterocycles. The highest BCUT2D eigenvalue weighted by molar-refractivity contribution is 6.04. The molecule has 5 rings (SSSR count). The molecule has 6 nitrogen and oxygen atoms in total. The van der Waals surface area contributed by atoms with Gasteiger partial charge < -0.3 is 18.6 Å². The molecule has 2 aromatic carbocycles. The van der Waals surface area contributed by atoms with Crippen molar-refractivity contribution in [3.05, 3.63) is 78.1 Å². The zero-order valence-corrected chi connectivity index (χ0v) is 14.8. The summed E-state index contributed by atoms with van der Waals surface area (Å²) in [6.07, 6.45) is 1.57. The molecule has 0 fully saturated rings. The van der Waals surface area contributed by atoms with Crippen LogP contribution in [-0.2, 0) is 11.3 Å². The molecule has 0 spiro atoms. The van der Waals surface area contributed by atoms with Crippen molar-refractivity contribution in [1.82, 2.24) is 4.98 Å². The van der Waals surface area contributed by atoms with E-state index >= 15 is 0 Å². The van der Waals surface area contributed by atoms with E-state index in [1.165, 1.54) is 0 Å². The fourth-order valence-electron chi connectivity index (χ4n) is 3.15.